The quantitative estimate of drug-likeness (QED) is 0.783. The summed E-state index contributed by atoms with van der Waals surface area (Å²) in [5.74, 6) is 0.856. The Balaban J connectivity index is 2.10. The second kappa shape index (κ2) is 5.20. The fourth-order valence-electron chi connectivity index (χ4n) is 1.95. The molecule has 0 fully saturated rings. The number of aromatic nitrogens is 3. The molecule has 0 aliphatic heterocycles. The van der Waals surface area contributed by atoms with Gasteiger partial charge in [-0.1, -0.05) is 30.3 Å². The zero-order chi connectivity index (χ0) is 15.0. The maximum atomic E-state index is 6.13. The van der Waals surface area contributed by atoms with Crippen LogP contribution in [0.1, 0.15) is 26.2 Å². The summed E-state index contributed by atoms with van der Waals surface area (Å²) in [5.41, 5.74) is 7.03. The highest BCUT2D eigenvalue weighted by Gasteiger charge is 2.27. The fraction of sp³-hybridized carbons (Fsp3) is 0.267. The largest absolute Gasteiger partial charge is 0.337 e. The Hall–Kier alpha value is -1.79. The number of fused-ring (bicyclic) bond motifs is 1. The van der Waals surface area contributed by atoms with E-state index < -0.39 is 5.54 Å². The molecule has 2 aromatic heterocycles. The summed E-state index contributed by atoms with van der Waals surface area (Å²) in [4.78, 5) is 8.99. The Morgan fingerprint density at radius 2 is 2.05 bits per heavy atom. The van der Waals surface area contributed by atoms with Crippen LogP contribution in [0, 0.1) is 0 Å². The molecule has 5 nitrogen and oxygen atoms in total. The van der Waals surface area contributed by atoms with Crippen LogP contribution in [0.5, 0.6) is 0 Å². The van der Waals surface area contributed by atoms with Gasteiger partial charge in [-0.05, 0) is 41.4 Å². The summed E-state index contributed by atoms with van der Waals surface area (Å²) < 4.78 is 6.12. The maximum Gasteiger partial charge on any atom is 0.246 e. The number of hydrogen-bond acceptors (Lipinski definition) is 5. The van der Waals surface area contributed by atoms with Crippen molar-refractivity contribution in [3.63, 3.8) is 0 Å². The van der Waals surface area contributed by atoms with Gasteiger partial charge in [-0.25, -0.2) is 4.98 Å². The lowest BCUT2D eigenvalue weighted by molar-refractivity contribution is 0.291. The van der Waals surface area contributed by atoms with Crippen molar-refractivity contribution < 1.29 is 4.52 Å². The van der Waals surface area contributed by atoms with Crippen molar-refractivity contribution in [2.75, 3.05) is 0 Å². The molecule has 0 saturated heterocycles. The lowest BCUT2D eigenvalue weighted by Crippen LogP contribution is -2.32. The molecule has 6 heteroatoms. The Morgan fingerprint density at radius 1 is 1.29 bits per heavy atom. The van der Waals surface area contributed by atoms with Gasteiger partial charge in [0.25, 0.3) is 0 Å². The van der Waals surface area contributed by atoms with Crippen LogP contribution in [0.4, 0.5) is 0 Å². The predicted molar refractivity (Wildman–Crippen MR) is 84.6 cm³/mol. The molecular weight excluding hydrogens is 332 g/mol. The normalized spacial score (nSPS) is 14.3. The SMILES string of the molecule is CCC(C)(N)c1nc(-c2nc3ccccc3cc2Br)no1. The fourth-order valence-corrected chi connectivity index (χ4v) is 2.46. The van der Waals surface area contributed by atoms with Crippen molar-refractivity contribution in [3.8, 4) is 11.5 Å². The summed E-state index contributed by atoms with van der Waals surface area (Å²) in [5, 5.41) is 5.06. The summed E-state index contributed by atoms with van der Waals surface area (Å²) in [6.45, 7) is 3.85. The first-order chi connectivity index (χ1) is 10.0. The van der Waals surface area contributed by atoms with E-state index in [0.29, 0.717) is 23.8 Å². The number of benzene rings is 1. The van der Waals surface area contributed by atoms with Crippen LogP contribution < -0.4 is 5.73 Å². The molecular formula is C15H15BrN4O. The van der Waals surface area contributed by atoms with Crippen molar-refractivity contribution in [1.29, 1.82) is 0 Å². The van der Waals surface area contributed by atoms with Crippen LogP contribution in [-0.2, 0) is 5.54 Å². The van der Waals surface area contributed by atoms with Gasteiger partial charge in [-0.2, -0.15) is 4.98 Å². The van der Waals surface area contributed by atoms with E-state index >= 15 is 0 Å². The molecule has 1 unspecified atom stereocenters. The van der Waals surface area contributed by atoms with Crippen molar-refractivity contribution in [2.45, 2.75) is 25.8 Å². The third-order valence-corrected chi connectivity index (χ3v) is 4.14. The van der Waals surface area contributed by atoms with Gasteiger partial charge >= 0.3 is 0 Å². The molecule has 0 radical (unpaired) electrons. The second-order valence-electron chi connectivity index (χ2n) is 5.21. The van der Waals surface area contributed by atoms with Gasteiger partial charge in [-0.3, -0.25) is 0 Å². The Kier molecular flexibility index (Phi) is 3.51. The summed E-state index contributed by atoms with van der Waals surface area (Å²) in [6, 6.07) is 9.87. The molecule has 0 aliphatic carbocycles. The van der Waals surface area contributed by atoms with Crippen molar-refractivity contribution >= 4 is 26.8 Å². The third kappa shape index (κ3) is 2.56. The third-order valence-electron chi connectivity index (χ3n) is 3.54. The molecule has 3 aromatic rings. The zero-order valence-electron chi connectivity index (χ0n) is 11.8. The van der Waals surface area contributed by atoms with Gasteiger partial charge in [0.2, 0.25) is 11.7 Å². The topological polar surface area (TPSA) is 77.8 Å². The standard InChI is InChI=1S/C15H15BrN4O/c1-3-15(2,17)14-19-13(20-21-14)12-10(16)8-9-6-4-5-7-11(9)18-12/h4-8H,3,17H2,1-2H3. The second-order valence-corrected chi connectivity index (χ2v) is 6.06. The molecule has 2 N–H and O–H groups in total. The molecule has 2 heterocycles. The average Bonchev–Trinajstić information content (AvgIpc) is 2.97. The molecule has 3 rings (SSSR count). The number of nitrogens with two attached hydrogens (primary N) is 1. The van der Waals surface area contributed by atoms with E-state index in [1.807, 2.05) is 44.2 Å². The monoisotopic (exact) mass is 346 g/mol. The molecule has 0 saturated carbocycles. The van der Waals surface area contributed by atoms with Gasteiger partial charge in [0.1, 0.15) is 5.69 Å². The van der Waals surface area contributed by atoms with Gasteiger partial charge < -0.3 is 10.3 Å². The van der Waals surface area contributed by atoms with Crippen molar-refractivity contribution in [2.24, 2.45) is 5.73 Å². The number of hydrogen-bond donors (Lipinski definition) is 1. The number of para-hydroxylation sites is 1. The molecule has 1 atom stereocenters. The minimum Gasteiger partial charge on any atom is -0.337 e. The van der Waals surface area contributed by atoms with Gasteiger partial charge in [0.15, 0.2) is 0 Å². The van der Waals surface area contributed by atoms with Gasteiger partial charge in [0, 0.05) is 9.86 Å². The Labute approximate surface area is 130 Å². The van der Waals surface area contributed by atoms with E-state index in [-0.39, 0.29) is 0 Å². The lowest BCUT2D eigenvalue weighted by Gasteiger charge is -2.16. The average molecular weight is 347 g/mol. The van der Waals surface area contributed by atoms with E-state index in [4.69, 9.17) is 10.3 Å². The number of halogens is 1. The minimum atomic E-state index is -0.630. The highest BCUT2D eigenvalue weighted by molar-refractivity contribution is 9.10. The van der Waals surface area contributed by atoms with E-state index in [1.165, 1.54) is 0 Å². The first-order valence-electron chi connectivity index (χ1n) is 6.70. The summed E-state index contributed by atoms with van der Waals surface area (Å²) >= 11 is 3.52. The van der Waals surface area contributed by atoms with Crippen LogP contribution in [-0.4, -0.2) is 15.1 Å². The van der Waals surface area contributed by atoms with Crippen molar-refractivity contribution in [3.05, 3.63) is 40.7 Å². The molecule has 21 heavy (non-hydrogen) atoms. The first-order valence-corrected chi connectivity index (χ1v) is 7.49. The Morgan fingerprint density at radius 3 is 2.81 bits per heavy atom. The van der Waals surface area contributed by atoms with Crippen LogP contribution in [0.2, 0.25) is 0 Å². The van der Waals surface area contributed by atoms with E-state index in [2.05, 4.69) is 31.1 Å². The molecule has 1 aromatic carbocycles. The first kappa shape index (κ1) is 14.2. The van der Waals surface area contributed by atoms with Crippen LogP contribution in [0.15, 0.2) is 39.3 Å². The molecule has 108 valence electrons. The van der Waals surface area contributed by atoms with E-state index in [1.54, 1.807) is 0 Å². The molecule has 0 aliphatic rings. The lowest BCUT2D eigenvalue weighted by atomic mass is 10.0. The number of pyridine rings is 1. The smallest absolute Gasteiger partial charge is 0.246 e. The highest BCUT2D eigenvalue weighted by Crippen LogP contribution is 2.29. The molecule has 0 bridgehead atoms. The van der Waals surface area contributed by atoms with Crippen LogP contribution in [0.3, 0.4) is 0 Å². The van der Waals surface area contributed by atoms with Crippen molar-refractivity contribution in [1.82, 2.24) is 15.1 Å². The van der Waals surface area contributed by atoms with E-state index in [0.717, 1.165) is 15.4 Å². The van der Waals surface area contributed by atoms with Crippen LogP contribution in [0.25, 0.3) is 22.4 Å². The van der Waals surface area contributed by atoms with Gasteiger partial charge in [0.05, 0.1) is 11.1 Å². The predicted octanol–water partition coefficient (Wildman–Crippen LogP) is 3.63. The van der Waals surface area contributed by atoms with Crippen LogP contribution >= 0.6 is 15.9 Å². The molecule has 0 spiro atoms. The zero-order valence-corrected chi connectivity index (χ0v) is 13.4. The maximum absolute atomic E-state index is 6.13. The Bertz CT molecular complexity index is 797. The van der Waals surface area contributed by atoms with Gasteiger partial charge in [-0.15, -0.1) is 0 Å². The number of nitrogens with zero attached hydrogens (tertiary/aromatic N) is 3. The summed E-state index contributed by atoms with van der Waals surface area (Å²) in [7, 11) is 0. The number of rotatable bonds is 3. The van der Waals surface area contributed by atoms with E-state index in [9.17, 15) is 0 Å². The highest BCUT2D eigenvalue weighted by atomic mass is 79.9. The summed E-state index contributed by atoms with van der Waals surface area (Å²) in [6.07, 6.45) is 0.709. The minimum absolute atomic E-state index is 0.418. The molecule has 0 amide bonds.